The van der Waals surface area contributed by atoms with E-state index in [1.807, 2.05) is 0 Å². The molecule has 3 aromatic rings. The lowest BCUT2D eigenvalue weighted by Gasteiger charge is -2.10. The first-order valence-electron chi connectivity index (χ1n) is 7.87. The van der Waals surface area contributed by atoms with Crippen molar-refractivity contribution in [2.45, 2.75) is 20.2 Å². The van der Waals surface area contributed by atoms with E-state index in [1.54, 1.807) is 26.0 Å². The van der Waals surface area contributed by atoms with Gasteiger partial charge in [0.1, 0.15) is 10.8 Å². The van der Waals surface area contributed by atoms with E-state index in [-0.39, 0.29) is 28.6 Å². The maximum absolute atomic E-state index is 12.4. The van der Waals surface area contributed by atoms with Crippen LogP contribution >= 0.6 is 24.0 Å². The molecular formula is C19H15Cl2F3N2O2. The number of benzene rings is 1. The number of rotatable bonds is 3. The maximum atomic E-state index is 12.4. The van der Waals surface area contributed by atoms with Crippen molar-refractivity contribution in [1.82, 2.24) is 9.97 Å². The van der Waals surface area contributed by atoms with E-state index in [2.05, 4.69) is 14.7 Å². The van der Waals surface area contributed by atoms with Gasteiger partial charge in [-0.3, -0.25) is 9.78 Å². The van der Waals surface area contributed by atoms with Gasteiger partial charge in [0.15, 0.2) is 0 Å². The minimum Gasteiger partial charge on any atom is -0.406 e. The largest absolute Gasteiger partial charge is 0.573 e. The third-order valence-corrected chi connectivity index (χ3v) is 4.40. The first-order chi connectivity index (χ1) is 12.7. The van der Waals surface area contributed by atoms with Crippen LogP contribution in [0.15, 0.2) is 47.4 Å². The fourth-order valence-electron chi connectivity index (χ4n) is 2.74. The monoisotopic (exact) mass is 430 g/mol. The molecule has 28 heavy (non-hydrogen) atoms. The fourth-order valence-corrected chi connectivity index (χ4v) is 2.88. The van der Waals surface area contributed by atoms with Crippen LogP contribution in [-0.4, -0.2) is 16.3 Å². The lowest BCUT2D eigenvalue weighted by Crippen LogP contribution is -2.16. The highest BCUT2D eigenvalue weighted by atomic mass is 35.5. The number of pyridine rings is 2. The van der Waals surface area contributed by atoms with Crippen LogP contribution in [0, 0.1) is 13.8 Å². The average Bonchev–Trinajstić information content (AvgIpc) is 2.60. The zero-order valence-electron chi connectivity index (χ0n) is 14.7. The van der Waals surface area contributed by atoms with Gasteiger partial charge >= 0.3 is 6.36 Å². The van der Waals surface area contributed by atoms with Gasteiger partial charge in [-0.05, 0) is 44.2 Å². The number of aromatic nitrogens is 2. The van der Waals surface area contributed by atoms with Crippen LogP contribution in [0.1, 0.15) is 11.4 Å². The summed E-state index contributed by atoms with van der Waals surface area (Å²) >= 11 is 6.04. The van der Waals surface area contributed by atoms with Crippen LogP contribution in [0.2, 0.25) is 5.02 Å². The molecule has 9 heteroatoms. The summed E-state index contributed by atoms with van der Waals surface area (Å²) in [7, 11) is 0. The number of ether oxygens (including phenoxy) is 1. The van der Waals surface area contributed by atoms with Crippen molar-refractivity contribution < 1.29 is 17.9 Å². The molecule has 0 radical (unpaired) electrons. The highest BCUT2D eigenvalue weighted by Gasteiger charge is 2.30. The van der Waals surface area contributed by atoms with Gasteiger partial charge in [0.05, 0.1) is 11.3 Å². The van der Waals surface area contributed by atoms with Crippen molar-refractivity contribution in [1.29, 1.82) is 0 Å². The third kappa shape index (κ3) is 4.66. The third-order valence-electron chi connectivity index (χ3n) is 3.94. The van der Waals surface area contributed by atoms with Gasteiger partial charge in [0.25, 0.3) is 0 Å². The second kappa shape index (κ2) is 8.24. The highest BCUT2D eigenvalue weighted by molar-refractivity contribution is 6.31. The van der Waals surface area contributed by atoms with Gasteiger partial charge < -0.3 is 9.72 Å². The summed E-state index contributed by atoms with van der Waals surface area (Å²) in [5, 5.41) is 0.125. The van der Waals surface area contributed by atoms with Crippen LogP contribution < -0.4 is 10.2 Å². The Balaban J connectivity index is 0.00000280. The Kier molecular flexibility index (Phi) is 6.41. The molecule has 0 fully saturated rings. The zero-order valence-corrected chi connectivity index (χ0v) is 16.3. The van der Waals surface area contributed by atoms with Crippen molar-refractivity contribution in [2.75, 3.05) is 0 Å². The summed E-state index contributed by atoms with van der Waals surface area (Å²) in [6.07, 6.45) is -3.21. The number of aryl methyl sites for hydroxylation is 2. The second-order valence-corrected chi connectivity index (χ2v) is 6.28. The molecule has 0 saturated heterocycles. The zero-order chi connectivity index (χ0) is 19.8. The first-order valence-corrected chi connectivity index (χ1v) is 8.25. The number of H-pyrrole nitrogens is 1. The van der Waals surface area contributed by atoms with E-state index in [1.165, 1.54) is 30.5 Å². The van der Waals surface area contributed by atoms with Crippen molar-refractivity contribution in [2.24, 2.45) is 0 Å². The maximum Gasteiger partial charge on any atom is 0.573 e. The predicted octanol–water partition coefficient (Wildman–Crippen LogP) is 5.69. The second-order valence-electron chi connectivity index (χ2n) is 5.90. The van der Waals surface area contributed by atoms with Gasteiger partial charge in [0.2, 0.25) is 5.43 Å². The van der Waals surface area contributed by atoms with Crippen molar-refractivity contribution in [3.05, 3.63) is 69.2 Å². The summed E-state index contributed by atoms with van der Waals surface area (Å²) < 4.78 is 40.5. The van der Waals surface area contributed by atoms with Gasteiger partial charge in [-0.25, -0.2) is 0 Å². The van der Waals surface area contributed by atoms with E-state index in [9.17, 15) is 18.0 Å². The Morgan fingerprint density at radius 1 is 1.00 bits per heavy atom. The van der Waals surface area contributed by atoms with Gasteiger partial charge in [0, 0.05) is 28.7 Å². The smallest absolute Gasteiger partial charge is 0.406 e. The topological polar surface area (TPSA) is 55.0 Å². The minimum atomic E-state index is -4.73. The van der Waals surface area contributed by atoms with Gasteiger partial charge in [-0.15, -0.1) is 25.6 Å². The molecule has 1 N–H and O–H groups in total. The standard InChI is InChI=1S/C19H14ClF3N2O2.ClH/c1-10-16(18(26)17(20)11(2)25-10)13-5-8-15(24-9-13)12-3-6-14(7-4-12)27-19(21,22)23;/h3-9H,1-2H3,(H,25,26);1H. The number of nitrogens with one attached hydrogen (secondary N) is 1. The predicted molar refractivity (Wildman–Crippen MR) is 104 cm³/mol. The van der Waals surface area contributed by atoms with Gasteiger partial charge in [-0.2, -0.15) is 0 Å². The number of aromatic amines is 1. The van der Waals surface area contributed by atoms with Crippen LogP contribution in [-0.2, 0) is 0 Å². The molecule has 0 aliphatic rings. The lowest BCUT2D eigenvalue weighted by atomic mass is 10.0. The van der Waals surface area contributed by atoms with Crippen LogP contribution in [0.3, 0.4) is 0 Å². The van der Waals surface area contributed by atoms with Crippen LogP contribution in [0.4, 0.5) is 13.2 Å². The Bertz CT molecular complexity index is 1030. The SMILES string of the molecule is Cc1[nH]c(C)c(-c2ccc(-c3ccc(OC(F)(F)F)cc3)nc2)c(=O)c1Cl.Cl. The Morgan fingerprint density at radius 3 is 2.14 bits per heavy atom. The molecule has 148 valence electrons. The average molecular weight is 431 g/mol. The molecule has 3 rings (SSSR count). The van der Waals surface area contributed by atoms with Crippen LogP contribution in [0.5, 0.6) is 5.75 Å². The Labute approximate surface area is 169 Å². The number of halogens is 5. The number of nitrogens with zero attached hydrogens (tertiary/aromatic N) is 1. The molecule has 1 aromatic carbocycles. The molecule has 2 aromatic heterocycles. The number of hydrogen-bond acceptors (Lipinski definition) is 3. The highest BCUT2D eigenvalue weighted by Crippen LogP contribution is 2.27. The number of hydrogen-bond donors (Lipinski definition) is 1. The lowest BCUT2D eigenvalue weighted by molar-refractivity contribution is -0.274. The van der Waals surface area contributed by atoms with Crippen LogP contribution in [0.25, 0.3) is 22.4 Å². The molecule has 0 atom stereocenters. The summed E-state index contributed by atoms with van der Waals surface area (Å²) in [6, 6.07) is 8.78. The van der Waals surface area contributed by atoms with E-state index in [4.69, 9.17) is 11.6 Å². The van der Waals surface area contributed by atoms with Crippen molar-refractivity contribution in [3.63, 3.8) is 0 Å². The van der Waals surface area contributed by atoms with Crippen molar-refractivity contribution in [3.8, 4) is 28.1 Å². The molecule has 2 heterocycles. The molecule has 0 bridgehead atoms. The summed E-state index contributed by atoms with van der Waals surface area (Å²) in [6.45, 7) is 3.49. The van der Waals surface area contributed by atoms with E-state index in [0.29, 0.717) is 33.8 Å². The summed E-state index contributed by atoms with van der Waals surface area (Å²) in [5.41, 5.74) is 3.16. The summed E-state index contributed by atoms with van der Waals surface area (Å²) in [4.78, 5) is 19.8. The Hall–Kier alpha value is -2.51. The minimum absolute atomic E-state index is 0. The van der Waals surface area contributed by atoms with Crippen molar-refractivity contribution >= 4 is 24.0 Å². The first kappa shape index (κ1) is 21.8. The summed E-state index contributed by atoms with van der Waals surface area (Å²) in [5.74, 6) is -0.306. The molecule has 0 amide bonds. The van der Waals surface area contributed by atoms with E-state index >= 15 is 0 Å². The molecule has 0 unspecified atom stereocenters. The molecule has 0 aliphatic carbocycles. The quantitative estimate of drug-likeness (QED) is 0.580. The normalized spacial score (nSPS) is 11.1. The number of alkyl halides is 3. The van der Waals surface area contributed by atoms with E-state index in [0.717, 1.165) is 0 Å². The fraction of sp³-hybridized carbons (Fsp3) is 0.158. The molecule has 0 saturated carbocycles. The Morgan fingerprint density at radius 2 is 1.61 bits per heavy atom. The molecule has 0 spiro atoms. The van der Waals surface area contributed by atoms with E-state index < -0.39 is 6.36 Å². The molecule has 4 nitrogen and oxygen atoms in total. The molecular weight excluding hydrogens is 416 g/mol. The molecule has 0 aliphatic heterocycles. The van der Waals surface area contributed by atoms with Gasteiger partial charge in [-0.1, -0.05) is 17.7 Å².